The lowest BCUT2D eigenvalue weighted by atomic mass is 9.85. The molecule has 1 atom stereocenters. The Hall–Kier alpha value is -2.17. The van der Waals surface area contributed by atoms with Crippen molar-refractivity contribution in [2.24, 2.45) is 11.8 Å². The summed E-state index contributed by atoms with van der Waals surface area (Å²) >= 11 is 0. The first-order chi connectivity index (χ1) is 13.7. The Bertz CT molecular complexity index is 825. The number of ether oxygens (including phenoxy) is 1. The number of fused-ring (bicyclic) bond motifs is 1. The Morgan fingerprint density at radius 1 is 1.14 bits per heavy atom. The zero-order valence-corrected chi connectivity index (χ0v) is 16.6. The Balaban J connectivity index is 0.00000240. The SMILES string of the molecule is C.COc1cc2c(cc1CO)CC(CC1CCN(Cc3ccccc3)CC1)C2=O. The Morgan fingerprint density at radius 2 is 1.86 bits per heavy atom. The van der Waals surface area contributed by atoms with Gasteiger partial charge in [0.25, 0.3) is 0 Å². The highest BCUT2D eigenvalue weighted by Gasteiger charge is 2.34. The number of methoxy groups -OCH3 is 1. The number of hydrogen-bond donors (Lipinski definition) is 1. The molecule has 1 aliphatic carbocycles. The molecule has 2 aliphatic rings. The molecule has 29 heavy (non-hydrogen) atoms. The van der Waals surface area contributed by atoms with Crippen LogP contribution in [0, 0.1) is 11.8 Å². The third-order valence-electron chi connectivity index (χ3n) is 6.35. The summed E-state index contributed by atoms with van der Waals surface area (Å²) in [4.78, 5) is 15.4. The van der Waals surface area contributed by atoms with Gasteiger partial charge in [-0.25, -0.2) is 0 Å². The van der Waals surface area contributed by atoms with Gasteiger partial charge in [0.2, 0.25) is 0 Å². The maximum absolute atomic E-state index is 12.9. The van der Waals surface area contributed by atoms with Gasteiger partial charge < -0.3 is 9.84 Å². The number of aliphatic hydroxyl groups excluding tert-OH is 1. The summed E-state index contributed by atoms with van der Waals surface area (Å²) in [5.74, 6) is 1.57. The number of nitrogens with zero attached hydrogens (tertiary/aromatic N) is 1. The number of ketones is 1. The van der Waals surface area contributed by atoms with Crippen LogP contribution < -0.4 is 4.74 Å². The molecular weight excluding hydrogens is 362 g/mol. The first-order valence-corrected chi connectivity index (χ1v) is 10.3. The number of benzene rings is 2. The van der Waals surface area contributed by atoms with E-state index in [0.29, 0.717) is 11.7 Å². The van der Waals surface area contributed by atoms with Crippen LogP contribution in [0.2, 0.25) is 0 Å². The van der Waals surface area contributed by atoms with Crippen molar-refractivity contribution in [2.45, 2.75) is 46.3 Å². The van der Waals surface area contributed by atoms with Gasteiger partial charge in [0.05, 0.1) is 13.7 Å². The minimum absolute atomic E-state index is 0. The van der Waals surface area contributed by atoms with E-state index in [1.165, 1.54) is 5.56 Å². The molecule has 1 N–H and O–H groups in total. The fourth-order valence-corrected chi connectivity index (χ4v) is 4.78. The lowest BCUT2D eigenvalue weighted by molar-refractivity contribution is 0.0895. The average Bonchev–Trinajstić information content (AvgIpc) is 3.03. The predicted octanol–water partition coefficient (Wildman–Crippen LogP) is 4.48. The van der Waals surface area contributed by atoms with Crippen LogP contribution in [0.5, 0.6) is 5.75 Å². The topological polar surface area (TPSA) is 49.8 Å². The smallest absolute Gasteiger partial charge is 0.166 e. The first kappa shape index (κ1) is 21.5. The third kappa shape index (κ3) is 4.71. The van der Waals surface area contributed by atoms with Gasteiger partial charge in [0.15, 0.2) is 5.78 Å². The van der Waals surface area contributed by atoms with Gasteiger partial charge in [-0.1, -0.05) is 37.8 Å². The van der Waals surface area contributed by atoms with Gasteiger partial charge in [-0.05, 0) is 68.0 Å². The summed E-state index contributed by atoms with van der Waals surface area (Å²) in [6, 6.07) is 14.4. The molecule has 1 fully saturated rings. The van der Waals surface area contributed by atoms with Crippen LogP contribution in [0.25, 0.3) is 0 Å². The fourth-order valence-electron chi connectivity index (χ4n) is 4.78. The van der Waals surface area contributed by atoms with E-state index in [1.54, 1.807) is 7.11 Å². The summed E-state index contributed by atoms with van der Waals surface area (Å²) in [7, 11) is 1.58. The molecular formula is C25H33NO3. The number of aliphatic hydroxyl groups is 1. The van der Waals surface area contributed by atoms with E-state index in [-0.39, 0.29) is 25.7 Å². The van der Waals surface area contributed by atoms with Crippen molar-refractivity contribution >= 4 is 5.78 Å². The summed E-state index contributed by atoms with van der Waals surface area (Å²) in [5, 5.41) is 9.53. The lowest BCUT2D eigenvalue weighted by Crippen LogP contribution is -2.34. The molecule has 0 spiro atoms. The second-order valence-corrected chi connectivity index (χ2v) is 8.19. The van der Waals surface area contributed by atoms with Crippen molar-refractivity contribution in [1.82, 2.24) is 4.90 Å². The second-order valence-electron chi connectivity index (χ2n) is 8.19. The zero-order valence-electron chi connectivity index (χ0n) is 16.6. The number of Topliss-reactive ketones (excluding diaryl/α,β-unsaturated/α-hetero) is 1. The second kappa shape index (κ2) is 9.55. The maximum atomic E-state index is 12.9. The molecule has 156 valence electrons. The van der Waals surface area contributed by atoms with Gasteiger partial charge in [0.1, 0.15) is 5.75 Å². The molecule has 2 aromatic carbocycles. The van der Waals surface area contributed by atoms with Crippen LogP contribution in [-0.2, 0) is 19.6 Å². The molecule has 1 unspecified atom stereocenters. The number of carbonyl (C=O) groups is 1. The molecule has 0 aromatic heterocycles. The average molecular weight is 396 g/mol. The highest BCUT2D eigenvalue weighted by Crippen LogP contribution is 2.37. The fraction of sp³-hybridized carbons (Fsp3) is 0.480. The molecule has 1 heterocycles. The normalized spacial score (nSPS) is 19.7. The predicted molar refractivity (Wildman–Crippen MR) is 116 cm³/mol. The number of piperidine rings is 1. The molecule has 0 saturated carbocycles. The molecule has 0 amide bonds. The minimum atomic E-state index is -0.0603. The zero-order chi connectivity index (χ0) is 19.5. The summed E-state index contributed by atoms with van der Waals surface area (Å²) < 4.78 is 5.34. The highest BCUT2D eigenvalue weighted by molar-refractivity contribution is 6.02. The first-order valence-electron chi connectivity index (χ1n) is 10.3. The Morgan fingerprint density at radius 3 is 2.52 bits per heavy atom. The van der Waals surface area contributed by atoms with E-state index in [4.69, 9.17) is 4.74 Å². The minimum Gasteiger partial charge on any atom is -0.496 e. The van der Waals surface area contributed by atoms with Crippen molar-refractivity contribution < 1.29 is 14.6 Å². The van der Waals surface area contributed by atoms with Crippen LogP contribution in [0.3, 0.4) is 0 Å². The quantitative estimate of drug-likeness (QED) is 0.783. The van der Waals surface area contributed by atoms with Gasteiger partial charge in [0, 0.05) is 23.6 Å². The molecule has 2 aromatic rings. The number of hydrogen-bond acceptors (Lipinski definition) is 4. The number of carbonyl (C=O) groups excluding carboxylic acids is 1. The number of rotatable bonds is 6. The van der Waals surface area contributed by atoms with E-state index >= 15 is 0 Å². The van der Waals surface area contributed by atoms with Gasteiger partial charge in [-0.2, -0.15) is 0 Å². The molecule has 0 bridgehead atoms. The monoisotopic (exact) mass is 395 g/mol. The van der Waals surface area contributed by atoms with Gasteiger partial charge >= 0.3 is 0 Å². The standard InChI is InChI=1S/C24H29NO3.CH4/c1-28-23-14-22-19(13-21(23)16-26)12-20(24(22)27)11-17-7-9-25(10-8-17)15-18-5-3-2-4-6-18;/h2-6,13-14,17,20,26H,7-12,15-16H2,1H3;1H4. The van der Waals surface area contributed by atoms with Crippen LogP contribution >= 0.6 is 0 Å². The molecule has 1 aliphatic heterocycles. The van der Waals surface area contributed by atoms with Crippen LogP contribution in [-0.4, -0.2) is 36.0 Å². The van der Waals surface area contributed by atoms with E-state index in [0.717, 1.165) is 62.0 Å². The van der Waals surface area contributed by atoms with Crippen LogP contribution in [0.1, 0.15) is 53.7 Å². The molecule has 4 heteroatoms. The van der Waals surface area contributed by atoms with Crippen LogP contribution in [0.4, 0.5) is 0 Å². The van der Waals surface area contributed by atoms with Gasteiger partial charge in [-0.3, -0.25) is 9.69 Å². The Kier molecular flexibility index (Phi) is 7.09. The maximum Gasteiger partial charge on any atom is 0.166 e. The summed E-state index contributed by atoms with van der Waals surface area (Å²) in [5.41, 5.74) is 4.00. The summed E-state index contributed by atoms with van der Waals surface area (Å²) in [6.45, 7) is 3.17. The molecule has 4 rings (SSSR count). The van der Waals surface area contributed by atoms with E-state index in [2.05, 4.69) is 35.2 Å². The third-order valence-corrected chi connectivity index (χ3v) is 6.35. The highest BCUT2D eigenvalue weighted by atomic mass is 16.5. The van der Waals surface area contributed by atoms with Crippen molar-refractivity contribution in [2.75, 3.05) is 20.2 Å². The van der Waals surface area contributed by atoms with Crippen molar-refractivity contribution in [3.8, 4) is 5.75 Å². The molecule has 4 nitrogen and oxygen atoms in total. The van der Waals surface area contributed by atoms with Crippen molar-refractivity contribution in [3.05, 3.63) is 64.7 Å². The summed E-state index contributed by atoms with van der Waals surface area (Å²) in [6.07, 6.45) is 4.11. The lowest BCUT2D eigenvalue weighted by Gasteiger charge is -2.32. The van der Waals surface area contributed by atoms with Crippen LogP contribution in [0.15, 0.2) is 42.5 Å². The van der Waals surface area contributed by atoms with Gasteiger partial charge in [-0.15, -0.1) is 0 Å². The number of likely N-dealkylation sites (tertiary alicyclic amines) is 1. The van der Waals surface area contributed by atoms with E-state index in [1.807, 2.05) is 12.1 Å². The van der Waals surface area contributed by atoms with E-state index in [9.17, 15) is 9.90 Å². The molecule has 0 radical (unpaired) electrons. The largest absolute Gasteiger partial charge is 0.496 e. The van der Waals surface area contributed by atoms with E-state index < -0.39 is 0 Å². The molecule has 1 saturated heterocycles. The van der Waals surface area contributed by atoms with Crippen molar-refractivity contribution in [3.63, 3.8) is 0 Å². The Labute approximate surface area is 174 Å². The van der Waals surface area contributed by atoms with Crippen molar-refractivity contribution in [1.29, 1.82) is 0 Å².